The van der Waals surface area contributed by atoms with Crippen LogP contribution in [0, 0.1) is 0 Å². The van der Waals surface area contributed by atoms with Crippen LogP contribution in [0.15, 0.2) is 24.3 Å². The van der Waals surface area contributed by atoms with Gasteiger partial charge < -0.3 is 15.8 Å². The Balaban J connectivity index is 0.00000361. The number of nitrogens with one attached hydrogen (secondary N) is 1. The first-order valence-electron chi connectivity index (χ1n) is 6.09. The highest BCUT2D eigenvalue weighted by Crippen LogP contribution is 2.13. The van der Waals surface area contributed by atoms with Gasteiger partial charge in [-0.3, -0.25) is 4.79 Å². The van der Waals surface area contributed by atoms with Gasteiger partial charge in [0.1, 0.15) is 5.54 Å². The molecule has 1 amide bonds. The molecule has 3 N–H and O–H groups in total. The molecule has 0 atom stereocenters. The number of amides is 1. The van der Waals surface area contributed by atoms with Crippen LogP contribution in [0.25, 0.3) is 0 Å². The summed E-state index contributed by atoms with van der Waals surface area (Å²) in [5, 5.41) is 2.64. The van der Waals surface area contributed by atoms with Gasteiger partial charge in [0, 0.05) is 12.1 Å². The number of nitrogen functional groups attached to an aromatic ring is 1. The van der Waals surface area contributed by atoms with E-state index in [4.69, 9.17) is 5.73 Å². The Hall–Kier alpha value is -1.75. The first kappa shape index (κ1) is 18.2. The molecule has 6 heteroatoms. The first-order chi connectivity index (χ1) is 8.86. The zero-order chi connectivity index (χ0) is 14.5. The lowest BCUT2D eigenvalue weighted by Gasteiger charge is -2.23. The summed E-state index contributed by atoms with van der Waals surface area (Å²) in [6.07, 6.45) is 0.810. The van der Waals surface area contributed by atoms with Crippen molar-refractivity contribution in [2.75, 3.05) is 12.8 Å². The summed E-state index contributed by atoms with van der Waals surface area (Å²) in [6, 6.07) is 7.40. The van der Waals surface area contributed by atoms with Crippen LogP contribution < -0.4 is 11.1 Å². The van der Waals surface area contributed by atoms with Crippen molar-refractivity contribution in [2.24, 2.45) is 0 Å². The van der Waals surface area contributed by atoms with Gasteiger partial charge in [0.25, 0.3) is 0 Å². The van der Waals surface area contributed by atoms with Crippen LogP contribution >= 0.6 is 12.4 Å². The molecule has 1 aromatic rings. The molecule has 0 aromatic heterocycles. The molecule has 0 heterocycles. The minimum absolute atomic E-state index is 0. The summed E-state index contributed by atoms with van der Waals surface area (Å²) in [6.45, 7) is 3.21. The van der Waals surface area contributed by atoms with E-state index in [9.17, 15) is 9.59 Å². The van der Waals surface area contributed by atoms with Gasteiger partial charge in [-0.1, -0.05) is 18.2 Å². The van der Waals surface area contributed by atoms with Gasteiger partial charge in [0.15, 0.2) is 0 Å². The van der Waals surface area contributed by atoms with E-state index in [1.807, 2.05) is 18.2 Å². The number of ether oxygens (including phenoxy) is 1. The summed E-state index contributed by atoms with van der Waals surface area (Å²) in [5.41, 5.74) is 6.37. The van der Waals surface area contributed by atoms with E-state index in [0.29, 0.717) is 12.1 Å². The Morgan fingerprint density at radius 3 is 2.45 bits per heavy atom. The van der Waals surface area contributed by atoms with Crippen molar-refractivity contribution in [3.8, 4) is 0 Å². The smallest absolute Gasteiger partial charge is 0.330 e. The van der Waals surface area contributed by atoms with E-state index in [1.54, 1.807) is 19.9 Å². The van der Waals surface area contributed by atoms with Crippen molar-refractivity contribution in [1.29, 1.82) is 0 Å². The summed E-state index contributed by atoms with van der Waals surface area (Å²) in [4.78, 5) is 23.2. The number of hydrogen-bond donors (Lipinski definition) is 2. The van der Waals surface area contributed by atoms with Crippen LogP contribution in [0.3, 0.4) is 0 Å². The number of halogens is 1. The number of nitrogens with two attached hydrogens (primary N) is 1. The Morgan fingerprint density at radius 2 is 1.90 bits per heavy atom. The maximum absolute atomic E-state index is 11.8. The summed E-state index contributed by atoms with van der Waals surface area (Å²) in [7, 11) is 1.29. The van der Waals surface area contributed by atoms with Gasteiger partial charge in [-0.15, -0.1) is 12.4 Å². The number of carbonyl (C=O) groups is 2. The highest BCUT2D eigenvalue weighted by molar-refractivity contribution is 5.87. The number of esters is 1. The minimum atomic E-state index is -1.02. The Labute approximate surface area is 125 Å². The number of para-hydroxylation sites is 1. The Morgan fingerprint density at radius 1 is 1.30 bits per heavy atom. The quantitative estimate of drug-likeness (QED) is 0.640. The van der Waals surface area contributed by atoms with Crippen LogP contribution in [0.2, 0.25) is 0 Å². The van der Waals surface area contributed by atoms with E-state index in [2.05, 4.69) is 10.1 Å². The molecule has 1 aromatic carbocycles. The number of hydrogen-bond acceptors (Lipinski definition) is 4. The SMILES string of the molecule is COC(=O)C(C)(C)NC(=O)CCc1ccccc1N.Cl. The van der Waals surface area contributed by atoms with Gasteiger partial charge in [-0.2, -0.15) is 0 Å². The van der Waals surface area contributed by atoms with Crippen LogP contribution in [-0.2, 0) is 20.7 Å². The molecule has 112 valence electrons. The minimum Gasteiger partial charge on any atom is -0.467 e. The van der Waals surface area contributed by atoms with Crippen molar-refractivity contribution in [3.05, 3.63) is 29.8 Å². The molecule has 0 aliphatic heterocycles. The second kappa shape index (κ2) is 7.75. The van der Waals surface area contributed by atoms with Gasteiger partial charge in [-0.25, -0.2) is 4.79 Å². The monoisotopic (exact) mass is 300 g/mol. The Kier molecular flexibility index (Phi) is 7.07. The number of anilines is 1. The third kappa shape index (κ3) is 5.09. The molecule has 0 spiro atoms. The fourth-order valence-electron chi connectivity index (χ4n) is 1.73. The number of methoxy groups -OCH3 is 1. The molecule has 0 radical (unpaired) electrons. The molecule has 20 heavy (non-hydrogen) atoms. The van der Waals surface area contributed by atoms with Crippen LogP contribution in [0.5, 0.6) is 0 Å². The predicted molar refractivity (Wildman–Crippen MR) is 80.7 cm³/mol. The maximum Gasteiger partial charge on any atom is 0.330 e. The number of aryl methyl sites for hydroxylation is 1. The fourth-order valence-corrected chi connectivity index (χ4v) is 1.73. The van der Waals surface area contributed by atoms with Crippen molar-refractivity contribution in [3.63, 3.8) is 0 Å². The van der Waals surface area contributed by atoms with Gasteiger partial charge in [-0.05, 0) is 31.9 Å². The number of rotatable bonds is 5. The van der Waals surface area contributed by atoms with Crippen LogP contribution in [-0.4, -0.2) is 24.5 Å². The lowest BCUT2D eigenvalue weighted by atomic mass is 10.0. The second-order valence-corrected chi connectivity index (χ2v) is 4.86. The fraction of sp³-hybridized carbons (Fsp3) is 0.429. The van der Waals surface area contributed by atoms with Crippen molar-refractivity contribution in [1.82, 2.24) is 5.32 Å². The molecule has 0 bridgehead atoms. The van der Waals surface area contributed by atoms with E-state index >= 15 is 0 Å². The zero-order valence-corrected chi connectivity index (χ0v) is 12.8. The molecular formula is C14H21ClN2O3. The van der Waals surface area contributed by atoms with Crippen molar-refractivity contribution in [2.45, 2.75) is 32.2 Å². The van der Waals surface area contributed by atoms with Crippen molar-refractivity contribution >= 4 is 30.0 Å². The van der Waals surface area contributed by atoms with Crippen LogP contribution in [0.4, 0.5) is 5.69 Å². The summed E-state index contributed by atoms with van der Waals surface area (Å²) >= 11 is 0. The summed E-state index contributed by atoms with van der Waals surface area (Å²) < 4.78 is 4.62. The van der Waals surface area contributed by atoms with E-state index < -0.39 is 11.5 Å². The lowest BCUT2D eigenvalue weighted by Crippen LogP contribution is -2.50. The number of carbonyl (C=O) groups excluding carboxylic acids is 2. The third-order valence-corrected chi connectivity index (χ3v) is 2.82. The molecule has 1 rings (SSSR count). The topological polar surface area (TPSA) is 81.4 Å². The molecule has 0 unspecified atom stereocenters. The van der Waals surface area contributed by atoms with Crippen LogP contribution in [0.1, 0.15) is 25.8 Å². The molecule has 0 fully saturated rings. The lowest BCUT2D eigenvalue weighted by molar-refractivity contribution is -0.149. The average molecular weight is 301 g/mol. The summed E-state index contributed by atoms with van der Waals surface area (Å²) in [5.74, 6) is -0.682. The van der Waals surface area contributed by atoms with Crippen molar-refractivity contribution < 1.29 is 14.3 Å². The molecule has 0 aliphatic rings. The number of benzene rings is 1. The van der Waals surface area contributed by atoms with Gasteiger partial charge in [0.05, 0.1) is 7.11 Å². The Bertz CT molecular complexity index is 475. The normalized spacial score (nSPS) is 10.3. The molecule has 0 saturated heterocycles. The van der Waals surface area contributed by atoms with E-state index in [-0.39, 0.29) is 24.7 Å². The highest BCUT2D eigenvalue weighted by Gasteiger charge is 2.30. The standard InChI is InChI=1S/C14H20N2O3.ClH/c1-14(2,13(18)19-3)16-12(17)9-8-10-6-4-5-7-11(10)15;/h4-7H,8-9,15H2,1-3H3,(H,16,17);1H. The largest absolute Gasteiger partial charge is 0.467 e. The molecular weight excluding hydrogens is 280 g/mol. The predicted octanol–water partition coefficient (Wildman–Crippen LogP) is 1.69. The van der Waals surface area contributed by atoms with Gasteiger partial charge in [0.2, 0.25) is 5.91 Å². The maximum atomic E-state index is 11.8. The van der Waals surface area contributed by atoms with E-state index in [1.165, 1.54) is 7.11 Å². The highest BCUT2D eigenvalue weighted by atomic mass is 35.5. The average Bonchev–Trinajstić information content (AvgIpc) is 2.36. The first-order valence-corrected chi connectivity index (χ1v) is 6.09. The molecule has 0 saturated carbocycles. The third-order valence-electron chi connectivity index (χ3n) is 2.82. The molecule has 5 nitrogen and oxygen atoms in total. The zero-order valence-electron chi connectivity index (χ0n) is 11.9. The second-order valence-electron chi connectivity index (χ2n) is 4.86. The molecule has 0 aliphatic carbocycles. The van der Waals surface area contributed by atoms with E-state index in [0.717, 1.165) is 5.56 Å². The van der Waals surface area contributed by atoms with Gasteiger partial charge >= 0.3 is 5.97 Å².